The van der Waals surface area contributed by atoms with E-state index in [1.807, 2.05) is 46.2 Å². The van der Waals surface area contributed by atoms with Crippen LogP contribution in [0.2, 0.25) is 5.02 Å². The molecule has 4 rings (SSSR count). The van der Waals surface area contributed by atoms with Crippen molar-refractivity contribution in [1.82, 2.24) is 19.6 Å². The molecule has 0 spiro atoms. The van der Waals surface area contributed by atoms with Crippen LogP contribution in [0.25, 0.3) is 0 Å². The SMILES string of the molecule is COc1ccc(CN2CCN(C(=O)CN3CCN(C(=O)Cc4ccccc4Cl)CC3)CC2)cc1. The first-order valence-electron chi connectivity index (χ1n) is 11.9. The van der Waals surface area contributed by atoms with Gasteiger partial charge >= 0.3 is 0 Å². The van der Waals surface area contributed by atoms with E-state index in [0.29, 0.717) is 31.1 Å². The van der Waals surface area contributed by atoms with E-state index < -0.39 is 0 Å². The Bertz CT molecular complexity index is 968. The van der Waals surface area contributed by atoms with Crippen LogP contribution in [0.1, 0.15) is 11.1 Å². The number of carbonyl (C=O) groups excluding carboxylic acids is 2. The monoisotopic (exact) mass is 484 g/mol. The Morgan fingerprint density at radius 1 is 0.794 bits per heavy atom. The smallest absolute Gasteiger partial charge is 0.236 e. The molecule has 0 aromatic heterocycles. The molecular formula is C26H33ClN4O3. The molecule has 2 fully saturated rings. The van der Waals surface area contributed by atoms with E-state index in [4.69, 9.17) is 16.3 Å². The highest BCUT2D eigenvalue weighted by Crippen LogP contribution is 2.17. The summed E-state index contributed by atoms with van der Waals surface area (Å²) in [6, 6.07) is 15.6. The number of amides is 2. The van der Waals surface area contributed by atoms with Gasteiger partial charge in [0.15, 0.2) is 0 Å². The van der Waals surface area contributed by atoms with Gasteiger partial charge in [0.05, 0.1) is 20.1 Å². The van der Waals surface area contributed by atoms with Gasteiger partial charge in [0, 0.05) is 63.9 Å². The van der Waals surface area contributed by atoms with Crippen molar-refractivity contribution in [2.75, 3.05) is 66.0 Å². The van der Waals surface area contributed by atoms with Gasteiger partial charge in [-0.15, -0.1) is 0 Å². The van der Waals surface area contributed by atoms with Crippen LogP contribution in [0.15, 0.2) is 48.5 Å². The van der Waals surface area contributed by atoms with E-state index in [1.54, 1.807) is 7.11 Å². The summed E-state index contributed by atoms with van der Waals surface area (Å²) < 4.78 is 5.22. The molecule has 0 saturated carbocycles. The first-order chi connectivity index (χ1) is 16.5. The minimum Gasteiger partial charge on any atom is -0.497 e. The third kappa shape index (κ3) is 6.50. The zero-order chi connectivity index (χ0) is 23.9. The lowest BCUT2D eigenvalue weighted by Gasteiger charge is -2.38. The van der Waals surface area contributed by atoms with Crippen LogP contribution in [0.3, 0.4) is 0 Å². The molecule has 0 aliphatic carbocycles. The maximum Gasteiger partial charge on any atom is 0.236 e. The Morgan fingerprint density at radius 3 is 2.00 bits per heavy atom. The predicted molar refractivity (Wildman–Crippen MR) is 133 cm³/mol. The Kier molecular flexibility index (Phi) is 8.43. The fourth-order valence-corrected chi connectivity index (χ4v) is 4.71. The lowest BCUT2D eigenvalue weighted by atomic mass is 10.1. The number of carbonyl (C=O) groups is 2. The average Bonchev–Trinajstić information content (AvgIpc) is 2.87. The van der Waals surface area contributed by atoms with E-state index >= 15 is 0 Å². The molecule has 0 atom stereocenters. The molecule has 182 valence electrons. The van der Waals surface area contributed by atoms with Crippen molar-refractivity contribution in [3.8, 4) is 5.75 Å². The second-order valence-electron chi connectivity index (χ2n) is 8.93. The molecule has 2 aliphatic heterocycles. The number of hydrogen-bond donors (Lipinski definition) is 0. The number of benzene rings is 2. The van der Waals surface area contributed by atoms with E-state index in [0.717, 1.165) is 57.1 Å². The second kappa shape index (κ2) is 11.7. The van der Waals surface area contributed by atoms with E-state index in [2.05, 4.69) is 21.9 Å². The molecule has 7 nitrogen and oxygen atoms in total. The van der Waals surface area contributed by atoms with Crippen molar-refractivity contribution in [3.63, 3.8) is 0 Å². The van der Waals surface area contributed by atoms with Gasteiger partial charge in [-0.25, -0.2) is 0 Å². The number of methoxy groups -OCH3 is 1. The van der Waals surface area contributed by atoms with E-state index in [-0.39, 0.29) is 11.8 Å². The van der Waals surface area contributed by atoms with Gasteiger partial charge < -0.3 is 14.5 Å². The quantitative estimate of drug-likeness (QED) is 0.604. The Hall–Kier alpha value is -2.61. The van der Waals surface area contributed by atoms with Gasteiger partial charge in [-0.05, 0) is 29.3 Å². The van der Waals surface area contributed by atoms with Crippen molar-refractivity contribution in [2.45, 2.75) is 13.0 Å². The minimum atomic E-state index is 0.0899. The summed E-state index contributed by atoms with van der Waals surface area (Å²) in [5.74, 6) is 1.14. The van der Waals surface area contributed by atoms with Crippen molar-refractivity contribution in [3.05, 3.63) is 64.7 Å². The molecule has 2 aromatic rings. The number of rotatable bonds is 7. The summed E-state index contributed by atoms with van der Waals surface area (Å²) in [5.41, 5.74) is 2.11. The molecule has 34 heavy (non-hydrogen) atoms. The van der Waals surface area contributed by atoms with Crippen molar-refractivity contribution in [2.24, 2.45) is 0 Å². The number of hydrogen-bond acceptors (Lipinski definition) is 5. The molecule has 2 aromatic carbocycles. The molecule has 2 saturated heterocycles. The van der Waals surface area contributed by atoms with Gasteiger partial charge in [-0.1, -0.05) is 41.9 Å². The van der Waals surface area contributed by atoms with Gasteiger partial charge in [-0.2, -0.15) is 0 Å². The molecule has 2 aliphatic rings. The number of piperazine rings is 2. The summed E-state index contributed by atoms with van der Waals surface area (Å²) in [6.45, 7) is 7.30. The van der Waals surface area contributed by atoms with Crippen molar-refractivity contribution in [1.29, 1.82) is 0 Å². The standard InChI is InChI=1S/C26H33ClN4O3/c1-34-23-8-6-21(7-9-23)19-28-10-16-31(17-11-28)26(33)20-29-12-14-30(15-13-29)25(32)18-22-4-2-3-5-24(22)27/h2-9H,10-20H2,1H3. The molecular weight excluding hydrogens is 452 g/mol. The summed E-state index contributed by atoms with van der Waals surface area (Å²) in [4.78, 5) is 33.9. The lowest BCUT2D eigenvalue weighted by molar-refractivity contribution is -0.136. The normalized spacial score (nSPS) is 17.6. The van der Waals surface area contributed by atoms with Crippen LogP contribution >= 0.6 is 11.6 Å². The minimum absolute atomic E-state index is 0.0899. The average molecular weight is 485 g/mol. The van der Waals surface area contributed by atoms with Crippen molar-refractivity contribution < 1.29 is 14.3 Å². The van der Waals surface area contributed by atoms with Gasteiger partial charge in [0.25, 0.3) is 0 Å². The van der Waals surface area contributed by atoms with Crippen LogP contribution in [0.4, 0.5) is 0 Å². The summed E-state index contributed by atoms with van der Waals surface area (Å²) in [5, 5.41) is 0.629. The number of halogens is 1. The van der Waals surface area contributed by atoms with Crippen LogP contribution in [0, 0.1) is 0 Å². The Balaban J connectivity index is 1.16. The second-order valence-corrected chi connectivity index (χ2v) is 9.34. The van der Waals surface area contributed by atoms with Crippen LogP contribution in [-0.4, -0.2) is 97.4 Å². The van der Waals surface area contributed by atoms with Crippen LogP contribution < -0.4 is 4.74 Å². The highest BCUT2D eigenvalue weighted by atomic mass is 35.5. The molecule has 2 amide bonds. The maximum atomic E-state index is 12.9. The Labute approximate surface area is 206 Å². The van der Waals surface area contributed by atoms with Crippen molar-refractivity contribution >= 4 is 23.4 Å². The van der Waals surface area contributed by atoms with Crippen LogP contribution in [-0.2, 0) is 22.6 Å². The molecule has 8 heteroatoms. The summed E-state index contributed by atoms with van der Waals surface area (Å²) in [6.07, 6.45) is 0.319. The number of nitrogens with zero attached hydrogens (tertiary/aromatic N) is 4. The molecule has 0 unspecified atom stereocenters. The van der Waals surface area contributed by atoms with Crippen LogP contribution in [0.5, 0.6) is 5.75 Å². The lowest BCUT2D eigenvalue weighted by Crippen LogP contribution is -2.54. The zero-order valence-electron chi connectivity index (χ0n) is 19.8. The fraction of sp³-hybridized carbons (Fsp3) is 0.462. The third-order valence-electron chi connectivity index (χ3n) is 6.67. The highest BCUT2D eigenvalue weighted by molar-refractivity contribution is 6.31. The predicted octanol–water partition coefficient (Wildman–Crippen LogP) is 2.38. The third-order valence-corrected chi connectivity index (χ3v) is 7.04. The highest BCUT2D eigenvalue weighted by Gasteiger charge is 2.26. The van der Waals surface area contributed by atoms with E-state index in [9.17, 15) is 9.59 Å². The molecule has 0 bridgehead atoms. The molecule has 0 N–H and O–H groups in total. The number of ether oxygens (including phenoxy) is 1. The maximum absolute atomic E-state index is 12.9. The first kappa shape index (κ1) is 24.5. The van der Waals surface area contributed by atoms with Gasteiger partial charge in [0.1, 0.15) is 5.75 Å². The largest absolute Gasteiger partial charge is 0.497 e. The molecule has 0 radical (unpaired) electrons. The summed E-state index contributed by atoms with van der Waals surface area (Å²) in [7, 11) is 1.67. The Morgan fingerprint density at radius 2 is 1.38 bits per heavy atom. The fourth-order valence-electron chi connectivity index (χ4n) is 4.51. The zero-order valence-corrected chi connectivity index (χ0v) is 20.5. The molecule has 2 heterocycles. The summed E-state index contributed by atoms with van der Waals surface area (Å²) >= 11 is 6.19. The van der Waals surface area contributed by atoms with E-state index in [1.165, 1.54) is 5.56 Å². The van der Waals surface area contributed by atoms with Gasteiger partial charge in [0.2, 0.25) is 11.8 Å². The first-order valence-corrected chi connectivity index (χ1v) is 12.3. The van der Waals surface area contributed by atoms with Gasteiger partial charge in [-0.3, -0.25) is 19.4 Å². The topological polar surface area (TPSA) is 56.3 Å².